The number of carbonyl (C=O) groups is 1. The highest BCUT2D eigenvalue weighted by Crippen LogP contribution is 2.29. The summed E-state index contributed by atoms with van der Waals surface area (Å²) in [7, 11) is -3.81. The minimum Gasteiger partial charge on any atom is -0.339 e. The maximum Gasteiger partial charge on any atom is 0.243 e. The third-order valence-electron chi connectivity index (χ3n) is 5.46. The highest BCUT2D eigenvalue weighted by Gasteiger charge is 2.34. The van der Waals surface area contributed by atoms with Crippen LogP contribution in [-0.2, 0) is 14.8 Å². The number of hydrogen-bond acceptors (Lipinski definition) is 6. The minimum atomic E-state index is -3.81. The van der Waals surface area contributed by atoms with E-state index in [1.807, 2.05) is 0 Å². The number of rotatable bonds is 5. The summed E-state index contributed by atoms with van der Waals surface area (Å²) >= 11 is 5.89. The molecule has 1 aliphatic rings. The van der Waals surface area contributed by atoms with Crippen LogP contribution < -0.4 is 5.32 Å². The first-order valence-corrected chi connectivity index (χ1v) is 12.0. The average Bonchev–Trinajstić information content (AvgIpc) is 3.22. The summed E-state index contributed by atoms with van der Waals surface area (Å²) in [5.74, 6) is 0.0749. The lowest BCUT2D eigenvalue weighted by Gasteiger charge is -2.31. The fourth-order valence-electron chi connectivity index (χ4n) is 3.72. The number of aryl methyl sites for hydroxylation is 2. The van der Waals surface area contributed by atoms with Crippen LogP contribution in [0.3, 0.4) is 0 Å². The van der Waals surface area contributed by atoms with Gasteiger partial charge in [-0.25, -0.2) is 8.42 Å². The van der Waals surface area contributed by atoms with Crippen LogP contribution in [0.1, 0.15) is 24.3 Å². The first-order valence-electron chi connectivity index (χ1n) is 10.2. The molecule has 0 bridgehead atoms. The second-order valence-electron chi connectivity index (χ2n) is 7.82. The Morgan fingerprint density at radius 3 is 2.62 bits per heavy atom. The number of anilines is 1. The monoisotopic (exact) mass is 474 g/mol. The summed E-state index contributed by atoms with van der Waals surface area (Å²) in [6, 6.07) is 11.9. The Labute approximate surface area is 191 Å². The summed E-state index contributed by atoms with van der Waals surface area (Å²) in [5.41, 5.74) is 1.79. The number of carbonyl (C=O) groups excluding carboxylic acids is 1. The molecular weight excluding hydrogens is 452 g/mol. The first kappa shape index (κ1) is 22.4. The average molecular weight is 475 g/mol. The molecular formula is C22H23ClN4O4S. The molecule has 10 heteroatoms. The maximum absolute atomic E-state index is 13.5. The van der Waals surface area contributed by atoms with Gasteiger partial charge in [0.2, 0.25) is 27.6 Å². The van der Waals surface area contributed by atoms with Gasteiger partial charge >= 0.3 is 0 Å². The number of amides is 1. The van der Waals surface area contributed by atoms with Crippen molar-refractivity contribution < 1.29 is 17.7 Å². The van der Waals surface area contributed by atoms with E-state index < -0.39 is 15.9 Å². The van der Waals surface area contributed by atoms with Crippen LogP contribution >= 0.6 is 11.6 Å². The van der Waals surface area contributed by atoms with E-state index in [2.05, 4.69) is 15.5 Å². The van der Waals surface area contributed by atoms with E-state index in [0.717, 1.165) is 0 Å². The SMILES string of the molecule is Cc1nc(-c2ccc(C)c(S(=O)(=O)N3CCC[C@@H](C(=O)Nc4ccc(Cl)cc4)C3)c2)no1. The molecule has 1 aromatic heterocycles. The summed E-state index contributed by atoms with van der Waals surface area (Å²) < 4.78 is 33.4. The van der Waals surface area contributed by atoms with Gasteiger partial charge in [0.1, 0.15) is 0 Å². The number of hydrogen-bond donors (Lipinski definition) is 1. The zero-order chi connectivity index (χ0) is 22.9. The summed E-state index contributed by atoms with van der Waals surface area (Å²) in [6.07, 6.45) is 1.22. The Balaban J connectivity index is 1.55. The van der Waals surface area contributed by atoms with Gasteiger partial charge in [0.15, 0.2) is 0 Å². The predicted molar refractivity (Wildman–Crippen MR) is 121 cm³/mol. The molecule has 4 rings (SSSR count). The minimum absolute atomic E-state index is 0.118. The molecule has 1 atom stereocenters. The molecule has 0 saturated carbocycles. The summed E-state index contributed by atoms with van der Waals surface area (Å²) in [6.45, 7) is 3.89. The van der Waals surface area contributed by atoms with Crippen LogP contribution in [0.4, 0.5) is 5.69 Å². The second-order valence-corrected chi connectivity index (χ2v) is 10.2. The van der Waals surface area contributed by atoms with Crippen LogP contribution in [0, 0.1) is 19.8 Å². The van der Waals surface area contributed by atoms with Crippen molar-refractivity contribution in [2.75, 3.05) is 18.4 Å². The molecule has 1 N–H and O–H groups in total. The van der Waals surface area contributed by atoms with Gasteiger partial charge in [0.05, 0.1) is 10.8 Å². The second kappa shape index (κ2) is 9.01. The topological polar surface area (TPSA) is 105 Å². The Bertz CT molecular complexity index is 1240. The largest absolute Gasteiger partial charge is 0.339 e. The zero-order valence-electron chi connectivity index (χ0n) is 17.7. The van der Waals surface area contributed by atoms with E-state index in [-0.39, 0.29) is 17.3 Å². The van der Waals surface area contributed by atoms with Crippen molar-refractivity contribution in [2.24, 2.45) is 5.92 Å². The van der Waals surface area contributed by atoms with Crippen LogP contribution in [0.2, 0.25) is 5.02 Å². The molecule has 8 nitrogen and oxygen atoms in total. The van der Waals surface area contributed by atoms with Gasteiger partial charge in [-0.3, -0.25) is 4.79 Å². The number of piperidine rings is 1. The highest BCUT2D eigenvalue weighted by atomic mass is 35.5. The quantitative estimate of drug-likeness (QED) is 0.598. The van der Waals surface area contributed by atoms with Gasteiger partial charge < -0.3 is 9.84 Å². The lowest BCUT2D eigenvalue weighted by Crippen LogP contribution is -2.43. The third kappa shape index (κ3) is 4.69. The van der Waals surface area contributed by atoms with Crippen molar-refractivity contribution >= 4 is 33.2 Å². The van der Waals surface area contributed by atoms with Crippen LogP contribution in [0.25, 0.3) is 11.4 Å². The summed E-state index contributed by atoms with van der Waals surface area (Å²) in [4.78, 5) is 17.1. The number of nitrogens with zero attached hydrogens (tertiary/aromatic N) is 3. The van der Waals surface area contributed by atoms with Crippen molar-refractivity contribution in [1.82, 2.24) is 14.4 Å². The number of halogens is 1. The zero-order valence-corrected chi connectivity index (χ0v) is 19.3. The normalized spacial score (nSPS) is 17.3. The molecule has 0 unspecified atom stereocenters. The number of nitrogens with one attached hydrogen (secondary N) is 1. The van der Waals surface area contributed by atoms with E-state index in [4.69, 9.17) is 16.1 Å². The third-order valence-corrected chi connectivity index (χ3v) is 7.72. The maximum atomic E-state index is 13.5. The van der Waals surface area contributed by atoms with Gasteiger partial charge in [0.25, 0.3) is 0 Å². The predicted octanol–water partition coefficient (Wildman–Crippen LogP) is 4.05. The Kier molecular flexibility index (Phi) is 6.32. The number of aromatic nitrogens is 2. The van der Waals surface area contributed by atoms with Crippen molar-refractivity contribution in [1.29, 1.82) is 0 Å². The van der Waals surface area contributed by atoms with Gasteiger partial charge in [-0.1, -0.05) is 28.9 Å². The lowest BCUT2D eigenvalue weighted by atomic mass is 9.99. The van der Waals surface area contributed by atoms with E-state index in [0.29, 0.717) is 52.9 Å². The molecule has 1 saturated heterocycles. The molecule has 1 amide bonds. The summed E-state index contributed by atoms with van der Waals surface area (Å²) in [5, 5.41) is 7.30. The molecule has 168 valence electrons. The molecule has 0 radical (unpaired) electrons. The molecule has 32 heavy (non-hydrogen) atoms. The van der Waals surface area contributed by atoms with Crippen molar-refractivity contribution in [3.63, 3.8) is 0 Å². The highest BCUT2D eigenvalue weighted by molar-refractivity contribution is 7.89. The van der Waals surface area contributed by atoms with Crippen molar-refractivity contribution in [3.05, 3.63) is 58.9 Å². The van der Waals surface area contributed by atoms with Gasteiger partial charge in [-0.2, -0.15) is 9.29 Å². The van der Waals surface area contributed by atoms with Gasteiger partial charge in [0, 0.05) is 36.3 Å². The van der Waals surface area contributed by atoms with Gasteiger partial charge in [-0.05, 0) is 55.7 Å². The van der Waals surface area contributed by atoms with E-state index in [1.54, 1.807) is 56.3 Å². The standard InChI is InChI=1S/C22H23ClN4O4S/c1-14-5-6-16(21-24-15(2)31-26-21)12-20(14)32(29,30)27-11-3-4-17(13-27)22(28)25-19-9-7-18(23)8-10-19/h5-10,12,17H,3-4,11,13H2,1-2H3,(H,25,28)/t17-/m1/s1. The van der Waals surface area contributed by atoms with Crippen molar-refractivity contribution in [2.45, 2.75) is 31.6 Å². The lowest BCUT2D eigenvalue weighted by molar-refractivity contribution is -0.120. The van der Waals surface area contributed by atoms with E-state index in [1.165, 1.54) is 4.31 Å². The Hall–Kier alpha value is -2.75. The fourth-order valence-corrected chi connectivity index (χ4v) is 5.63. The van der Waals surface area contributed by atoms with Gasteiger partial charge in [-0.15, -0.1) is 0 Å². The van der Waals surface area contributed by atoms with E-state index >= 15 is 0 Å². The number of sulfonamides is 1. The van der Waals surface area contributed by atoms with Crippen LogP contribution in [0.5, 0.6) is 0 Å². The number of benzene rings is 2. The Morgan fingerprint density at radius 1 is 1.19 bits per heavy atom. The van der Waals surface area contributed by atoms with Crippen LogP contribution in [0.15, 0.2) is 51.9 Å². The molecule has 2 aromatic carbocycles. The smallest absolute Gasteiger partial charge is 0.243 e. The fraction of sp³-hybridized carbons (Fsp3) is 0.318. The van der Waals surface area contributed by atoms with Crippen LogP contribution in [-0.4, -0.2) is 41.9 Å². The molecule has 2 heterocycles. The molecule has 1 fully saturated rings. The first-order chi connectivity index (χ1) is 15.2. The molecule has 0 aliphatic carbocycles. The molecule has 1 aliphatic heterocycles. The van der Waals surface area contributed by atoms with Crippen molar-refractivity contribution in [3.8, 4) is 11.4 Å². The molecule has 3 aromatic rings. The Morgan fingerprint density at radius 2 is 1.94 bits per heavy atom. The van der Waals surface area contributed by atoms with E-state index in [9.17, 15) is 13.2 Å². The molecule has 0 spiro atoms.